The molecular weight excluding hydrogens is 329 g/mol. The van der Waals surface area contributed by atoms with Gasteiger partial charge in [-0.3, -0.25) is 9.69 Å². The van der Waals surface area contributed by atoms with Crippen LogP contribution < -0.4 is 10.2 Å². The number of hydrogen-bond acceptors (Lipinski definition) is 3. The summed E-state index contributed by atoms with van der Waals surface area (Å²) in [4.78, 5) is 16.4. The van der Waals surface area contributed by atoms with Gasteiger partial charge in [0.25, 0.3) is 0 Å². The summed E-state index contributed by atoms with van der Waals surface area (Å²) < 4.78 is 13.1. The van der Waals surface area contributed by atoms with Crippen molar-refractivity contribution in [3.05, 3.63) is 59.4 Å². The second-order valence-electron chi connectivity index (χ2n) is 5.80. The van der Waals surface area contributed by atoms with E-state index < -0.39 is 0 Å². The molecule has 0 saturated carbocycles. The Morgan fingerprint density at radius 1 is 1.08 bits per heavy atom. The van der Waals surface area contributed by atoms with Gasteiger partial charge in [0, 0.05) is 42.6 Å². The number of piperazine rings is 1. The van der Waals surface area contributed by atoms with E-state index >= 15 is 0 Å². The van der Waals surface area contributed by atoms with Gasteiger partial charge in [-0.15, -0.1) is 0 Å². The number of nitrogens with one attached hydrogen (secondary N) is 1. The number of anilines is 2. The van der Waals surface area contributed by atoms with Crippen LogP contribution in [0.4, 0.5) is 15.8 Å². The van der Waals surface area contributed by atoms with Gasteiger partial charge in [-0.2, -0.15) is 0 Å². The molecular formula is C18H19ClFN3O. The fourth-order valence-corrected chi connectivity index (χ4v) is 2.99. The molecule has 0 bridgehead atoms. The van der Waals surface area contributed by atoms with Crippen molar-refractivity contribution in [1.82, 2.24) is 4.90 Å². The van der Waals surface area contributed by atoms with Crippen molar-refractivity contribution < 1.29 is 9.18 Å². The number of amides is 1. The zero-order valence-electron chi connectivity index (χ0n) is 13.2. The quantitative estimate of drug-likeness (QED) is 0.922. The zero-order valence-corrected chi connectivity index (χ0v) is 14.0. The first-order valence-corrected chi connectivity index (χ1v) is 8.26. The molecule has 126 valence electrons. The Balaban J connectivity index is 1.49. The molecule has 1 N–H and O–H groups in total. The van der Waals surface area contributed by atoms with Gasteiger partial charge in [-0.1, -0.05) is 23.7 Å². The van der Waals surface area contributed by atoms with E-state index in [1.165, 1.54) is 12.1 Å². The summed E-state index contributed by atoms with van der Waals surface area (Å²) in [5.41, 5.74) is 1.59. The van der Waals surface area contributed by atoms with Crippen molar-refractivity contribution in [1.29, 1.82) is 0 Å². The number of carbonyl (C=O) groups excluding carboxylic acids is 1. The van der Waals surface area contributed by atoms with Gasteiger partial charge < -0.3 is 10.2 Å². The summed E-state index contributed by atoms with van der Waals surface area (Å²) in [6, 6.07) is 13.7. The molecule has 4 nitrogen and oxygen atoms in total. The van der Waals surface area contributed by atoms with E-state index in [9.17, 15) is 9.18 Å². The number of carbonyl (C=O) groups is 1. The van der Waals surface area contributed by atoms with E-state index in [-0.39, 0.29) is 11.7 Å². The molecule has 1 heterocycles. The smallest absolute Gasteiger partial charge is 0.238 e. The van der Waals surface area contributed by atoms with Gasteiger partial charge >= 0.3 is 0 Å². The zero-order chi connectivity index (χ0) is 16.9. The van der Waals surface area contributed by atoms with Gasteiger partial charge in [0.2, 0.25) is 5.91 Å². The van der Waals surface area contributed by atoms with Gasteiger partial charge in [0.15, 0.2) is 0 Å². The minimum Gasteiger partial charge on any atom is -0.369 e. The lowest BCUT2D eigenvalue weighted by Gasteiger charge is -2.35. The van der Waals surface area contributed by atoms with Crippen LogP contribution in [0.3, 0.4) is 0 Å². The molecule has 0 aliphatic carbocycles. The van der Waals surface area contributed by atoms with E-state index in [4.69, 9.17) is 11.6 Å². The van der Waals surface area contributed by atoms with Crippen molar-refractivity contribution in [2.45, 2.75) is 0 Å². The lowest BCUT2D eigenvalue weighted by Crippen LogP contribution is -2.48. The largest absolute Gasteiger partial charge is 0.369 e. The van der Waals surface area contributed by atoms with Gasteiger partial charge in [0.1, 0.15) is 5.82 Å². The predicted molar refractivity (Wildman–Crippen MR) is 95.1 cm³/mol. The molecule has 1 aliphatic rings. The first-order valence-electron chi connectivity index (χ1n) is 7.88. The topological polar surface area (TPSA) is 35.6 Å². The predicted octanol–water partition coefficient (Wildman–Crippen LogP) is 3.24. The number of halogens is 2. The fourth-order valence-electron chi connectivity index (χ4n) is 2.81. The minimum absolute atomic E-state index is 0.128. The maximum atomic E-state index is 13.1. The molecule has 1 saturated heterocycles. The van der Waals surface area contributed by atoms with Crippen LogP contribution in [0.5, 0.6) is 0 Å². The second-order valence-corrected chi connectivity index (χ2v) is 6.24. The number of rotatable bonds is 4. The summed E-state index contributed by atoms with van der Waals surface area (Å²) >= 11 is 6.03. The lowest BCUT2D eigenvalue weighted by atomic mass is 10.2. The molecule has 1 amide bonds. The van der Waals surface area contributed by atoms with Crippen LogP contribution >= 0.6 is 11.6 Å². The van der Waals surface area contributed by atoms with Crippen molar-refractivity contribution in [2.75, 3.05) is 42.9 Å². The maximum absolute atomic E-state index is 13.1. The summed E-state index contributed by atoms with van der Waals surface area (Å²) in [6.45, 7) is 3.58. The van der Waals surface area contributed by atoms with Crippen molar-refractivity contribution in [3.8, 4) is 0 Å². The highest BCUT2D eigenvalue weighted by molar-refractivity contribution is 6.30. The lowest BCUT2D eigenvalue weighted by molar-refractivity contribution is -0.117. The van der Waals surface area contributed by atoms with E-state index in [0.717, 1.165) is 36.9 Å². The average molecular weight is 348 g/mol. The molecule has 3 rings (SSSR count). The minimum atomic E-state index is -0.358. The molecule has 2 aromatic carbocycles. The maximum Gasteiger partial charge on any atom is 0.238 e. The number of benzene rings is 2. The van der Waals surface area contributed by atoms with Crippen LogP contribution in [-0.2, 0) is 4.79 Å². The summed E-state index contributed by atoms with van der Waals surface area (Å²) in [6.07, 6.45) is 0. The van der Waals surface area contributed by atoms with Crippen molar-refractivity contribution in [2.24, 2.45) is 0 Å². The number of hydrogen-bond donors (Lipinski definition) is 1. The fraction of sp³-hybridized carbons (Fsp3) is 0.278. The van der Waals surface area contributed by atoms with Crippen LogP contribution in [-0.4, -0.2) is 43.5 Å². The summed E-state index contributed by atoms with van der Waals surface area (Å²) in [5, 5.41) is 3.46. The van der Waals surface area contributed by atoms with Crippen LogP contribution in [0.25, 0.3) is 0 Å². The van der Waals surface area contributed by atoms with Gasteiger partial charge in [0.05, 0.1) is 6.54 Å². The molecule has 0 aromatic heterocycles. The van der Waals surface area contributed by atoms with Gasteiger partial charge in [-0.05, 0) is 36.4 Å². The Kier molecular flexibility index (Phi) is 5.33. The third-order valence-corrected chi connectivity index (χ3v) is 4.26. The van der Waals surface area contributed by atoms with Crippen LogP contribution in [0, 0.1) is 5.82 Å². The van der Waals surface area contributed by atoms with E-state index in [1.54, 1.807) is 12.1 Å². The molecule has 2 aromatic rings. The Morgan fingerprint density at radius 3 is 2.54 bits per heavy atom. The SMILES string of the molecule is O=C(CN1CCN(c2cccc(Cl)c2)CC1)Nc1cccc(F)c1. The molecule has 24 heavy (non-hydrogen) atoms. The first kappa shape index (κ1) is 16.7. The van der Waals surface area contributed by atoms with Crippen LogP contribution in [0.15, 0.2) is 48.5 Å². The van der Waals surface area contributed by atoms with E-state index in [0.29, 0.717) is 12.2 Å². The van der Waals surface area contributed by atoms with Crippen LogP contribution in [0.2, 0.25) is 5.02 Å². The Labute approximate surface area is 145 Å². The molecule has 0 spiro atoms. The van der Waals surface area contributed by atoms with Crippen molar-refractivity contribution in [3.63, 3.8) is 0 Å². The third-order valence-electron chi connectivity index (χ3n) is 4.02. The van der Waals surface area contributed by atoms with E-state index in [1.807, 2.05) is 24.3 Å². The summed E-state index contributed by atoms with van der Waals surface area (Å²) in [7, 11) is 0. The molecule has 6 heteroatoms. The molecule has 0 radical (unpaired) electrons. The highest BCUT2D eigenvalue weighted by Crippen LogP contribution is 2.20. The van der Waals surface area contributed by atoms with E-state index in [2.05, 4.69) is 15.1 Å². The average Bonchev–Trinajstić information content (AvgIpc) is 2.55. The van der Waals surface area contributed by atoms with Gasteiger partial charge in [-0.25, -0.2) is 4.39 Å². The molecule has 1 fully saturated rings. The molecule has 0 atom stereocenters. The third kappa shape index (κ3) is 4.46. The monoisotopic (exact) mass is 347 g/mol. The summed E-state index contributed by atoms with van der Waals surface area (Å²) in [5.74, 6) is -0.486. The Hall–Kier alpha value is -2.11. The highest BCUT2D eigenvalue weighted by Gasteiger charge is 2.19. The van der Waals surface area contributed by atoms with Crippen molar-refractivity contribution >= 4 is 28.9 Å². The normalized spacial score (nSPS) is 15.3. The standard InChI is InChI=1S/C18H19ClFN3O/c19-14-3-1-6-17(11-14)23-9-7-22(8-10-23)13-18(24)21-16-5-2-4-15(20)12-16/h1-6,11-12H,7-10,13H2,(H,21,24). The second kappa shape index (κ2) is 7.64. The molecule has 1 aliphatic heterocycles. The van der Waals surface area contributed by atoms with Crippen LogP contribution in [0.1, 0.15) is 0 Å². The Morgan fingerprint density at radius 2 is 1.83 bits per heavy atom. The molecule has 0 unspecified atom stereocenters. The first-order chi connectivity index (χ1) is 11.6. The highest BCUT2D eigenvalue weighted by atomic mass is 35.5. The Bertz CT molecular complexity index is 717. The number of nitrogens with zero attached hydrogens (tertiary/aromatic N) is 2.